The number of nitrogens with zero attached hydrogens (tertiary/aromatic N) is 3. The topological polar surface area (TPSA) is 57.6 Å². The smallest absolute Gasteiger partial charge is 0.318 e. The highest BCUT2D eigenvalue weighted by Gasteiger charge is 2.35. The van der Waals surface area contributed by atoms with E-state index in [9.17, 15) is 14.0 Å². The number of carbonyl (C=O) groups is 2. The number of hydrogen-bond donors (Lipinski definition) is 1. The van der Waals surface area contributed by atoms with Gasteiger partial charge in [0.15, 0.2) is 0 Å². The Morgan fingerprint density at radius 2 is 1.86 bits per heavy atom. The third kappa shape index (κ3) is 4.44. The van der Waals surface area contributed by atoms with Crippen molar-refractivity contribution in [3.05, 3.63) is 59.7 Å². The first kappa shape index (κ1) is 20.9. The van der Waals surface area contributed by atoms with Crippen LogP contribution in [0.4, 0.5) is 9.18 Å². The summed E-state index contributed by atoms with van der Waals surface area (Å²) in [6.07, 6.45) is 1.95. The largest absolute Gasteiger partial charge is 0.348 e. The van der Waals surface area contributed by atoms with Crippen molar-refractivity contribution in [2.45, 2.75) is 52.4 Å². The molecule has 29 heavy (non-hydrogen) atoms. The van der Waals surface area contributed by atoms with E-state index in [0.717, 1.165) is 5.69 Å². The van der Waals surface area contributed by atoms with Crippen LogP contribution in [0.1, 0.15) is 45.0 Å². The van der Waals surface area contributed by atoms with Crippen LogP contribution in [0, 0.1) is 5.82 Å². The molecule has 0 saturated heterocycles. The summed E-state index contributed by atoms with van der Waals surface area (Å²) >= 11 is 0. The van der Waals surface area contributed by atoms with Crippen LogP contribution in [0.3, 0.4) is 0 Å². The number of urea groups is 1. The number of fused-ring (bicyclic) bond motifs is 1. The molecule has 1 aromatic heterocycles. The molecule has 6 nitrogen and oxygen atoms in total. The number of amides is 3. The van der Waals surface area contributed by atoms with Gasteiger partial charge in [0.1, 0.15) is 18.4 Å². The summed E-state index contributed by atoms with van der Waals surface area (Å²) in [7, 11) is 0. The Morgan fingerprint density at radius 1 is 1.14 bits per heavy atom. The summed E-state index contributed by atoms with van der Waals surface area (Å²) in [5.41, 5.74) is 1.33. The van der Waals surface area contributed by atoms with Gasteiger partial charge in [0, 0.05) is 42.6 Å². The van der Waals surface area contributed by atoms with E-state index in [4.69, 9.17) is 0 Å². The summed E-state index contributed by atoms with van der Waals surface area (Å²) in [5.74, 6) is -0.540. The van der Waals surface area contributed by atoms with Crippen molar-refractivity contribution in [3.63, 3.8) is 0 Å². The monoisotopic (exact) mass is 400 g/mol. The molecular formula is C22H29FN4O2. The Bertz CT molecular complexity index is 877. The Morgan fingerprint density at radius 3 is 2.52 bits per heavy atom. The van der Waals surface area contributed by atoms with Crippen molar-refractivity contribution in [1.82, 2.24) is 19.7 Å². The van der Waals surface area contributed by atoms with Gasteiger partial charge in [0.05, 0.1) is 0 Å². The van der Waals surface area contributed by atoms with E-state index in [0.29, 0.717) is 18.7 Å². The van der Waals surface area contributed by atoms with Crippen LogP contribution in [-0.4, -0.2) is 51.5 Å². The molecule has 0 spiro atoms. The highest BCUT2D eigenvalue weighted by atomic mass is 19.1. The lowest BCUT2D eigenvalue weighted by molar-refractivity contribution is -0.135. The van der Waals surface area contributed by atoms with Gasteiger partial charge in [-0.25, -0.2) is 9.18 Å². The molecule has 1 aromatic carbocycles. The minimum absolute atomic E-state index is 0.0247. The summed E-state index contributed by atoms with van der Waals surface area (Å²) < 4.78 is 16.7. The molecule has 2 aromatic rings. The molecule has 0 saturated carbocycles. The average Bonchev–Trinajstić information content (AvgIpc) is 3.13. The second-order valence-electron chi connectivity index (χ2n) is 7.96. The molecule has 0 aliphatic carbocycles. The van der Waals surface area contributed by atoms with Crippen molar-refractivity contribution in [3.8, 4) is 0 Å². The first-order chi connectivity index (χ1) is 13.8. The minimum atomic E-state index is -0.519. The van der Waals surface area contributed by atoms with Crippen LogP contribution < -0.4 is 5.32 Å². The summed E-state index contributed by atoms with van der Waals surface area (Å²) in [6, 6.07) is 9.42. The number of halogens is 1. The maximum Gasteiger partial charge on any atom is 0.318 e. The van der Waals surface area contributed by atoms with E-state index < -0.39 is 6.04 Å². The van der Waals surface area contributed by atoms with Crippen LogP contribution >= 0.6 is 0 Å². The number of benzene rings is 1. The molecule has 1 aliphatic rings. The lowest BCUT2D eigenvalue weighted by atomic mass is 9.99. The highest BCUT2D eigenvalue weighted by Crippen LogP contribution is 2.33. The summed E-state index contributed by atoms with van der Waals surface area (Å²) in [5, 5.41) is 2.85. The molecule has 0 unspecified atom stereocenters. The zero-order valence-electron chi connectivity index (χ0n) is 17.4. The lowest BCUT2D eigenvalue weighted by Crippen LogP contribution is -2.52. The molecule has 0 radical (unpaired) electrons. The van der Waals surface area contributed by atoms with Gasteiger partial charge in [-0.05, 0) is 45.9 Å². The SMILES string of the molecule is CC(C)NC(=O)N(CC(=O)N1CCn2cccc2[C@@H]1c1ccccc1F)C(C)C. The van der Waals surface area contributed by atoms with Gasteiger partial charge < -0.3 is 19.7 Å². The van der Waals surface area contributed by atoms with Crippen LogP contribution in [0.25, 0.3) is 0 Å². The third-order valence-corrected chi connectivity index (χ3v) is 5.16. The maximum absolute atomic E-state index is 14.7. The first-order valence-corrected chi connectivity index (χ1v) is 10.1. The Kier molecular flexibility index (Phi) is 6.25. The molecule has 3 rings (SSSR count). The van der Waals surface area contributed by atoms with Crippen LogP contribution in [-0.2, 0) is 11.3 Å². The quantitative estimate of drug-likeness (QED) is 0.836. The Hall–Kier alpha value is -2.83. The van der Waals surface area contributed by atoms with Crippen molar-refractivity contribution in [2.24, 2.45) is 0 Å². The fourth-order valence-corrected chi connectivity index (χ4v) is 3.73. The summed E-state index contributed by atoms with van der Waals surface area (Å²) in [4.78, 5) is 29.1. The van der Waals surface area contributed by atoms with Gasteiger partial charge in [-0.2, -0.15) is 0 Å². The van der Waals surface area contributed by atoms with Gasteiger partial charge in [-0.1, -0.05) is 18.2 Å². The van der Waals surface area contributed by atoms with E-state index in [-0.39, 0.29) is 36.4 Å². The first-order valence-electron chi connectivity index (χ1n) is 10.1. The third-order valence-electron chi connectivity index (χ3n) is 5.16. The van der Waals surface area contributed by atoms with E-state index in [1.165, 1.54) is 11.0 Å². The maximum atomic E-state index is 14.7. The minimum Gasteiger partial charge on any atom is -0.348 e. The van der Waals surface area contributed by atoms with Gasteiger partial charge in [-0.3, -0.25) is 4.79 Å². The highest BCUT2D eigenvalue weighted by molar-refractivity contribution is 5.85. The molecule has 3 amide bonds. The fourth-order valence-electron chi connectivity index (χ4n) is 3.73. The van der Waals surface area contributed by atoms with E-state index in [1.807, 2.05) is 50.6 Å². The molecule has 1 aliphatic heterocycles. The van der Waals surface area contributed by atoms with E-state index in [2.05, 4.69) is 5.32 Å². The molecule has 7 heteroatoms. The van der Waals surface area contributed by atoms with E-state index in [1.54, 1.807) is 23.1 Å². The standard InChI is InChI=1S/C22H29FN4O2/c1-15(2)24-22(29)27(16(3)4)14-20(28)26-13-12-25-11-7-10-19(25)21(26)17-8-5-6-9-18(17)23/h5-11,15-16,21H,12-14H2,1-4H3,(H,24,29)/t21-/m0/s1. The molecule has 1 N–H and O–H groups in total. The number of aromatic nitrogens is 1. The molecule has 0 bridgehead atoms. The Labute approximate surface area is 171 Å². The fraction of sp³-hybridized carbons (Fsp3) is 0.455. The number of carbonyl (C=O) groups excluding carboxylic acids is 2. The second kappa shape index (κ2) is 8.68. The van der Waals surface area contributed by atoms with Gasteiger partial charge >= 0.3 is 6.03 Å². The van der Waals surface area contributed by atoms with Crippen LogP contribution in [0.15, 0.2) is 42.6 Å². The molecule has 156 valence electrons. The van der Waals surface area contributed by atoms with Gasteiger partial charge in [0.2, 0.25) is 5.91 Å². The zero-order valence-corrected chi connectivity index (χ0v) is 17.4. The lowest BCUT2D eigenvalue weighted by Gasteiger charge is -2.39. The zero-order chi connectivity index (χ0) is 21.1. The van der Waals surface area contributed by atoms with Crippen molar-refractivity contribution in [2.75, 3.05) is 13.1 Å². The van der Waals surface area contributed by atoms with E-state index >= 15 is 0 Å². The number of hydrogen-bond acceptors (Lipinski definition) is 2. The predicted molar refractivity (Wildman–Crippen MR) is 110 cm³/mol. The van der Waals surface area contributed by atoms with Crippen LogP contribution in [0.5, 0.6) is 0 Å². The molecular weight excluding hydrogens is 371 g/mol. The summed E-state index contributed by atoms with van der Waals surface area (Å²) in [6.45, 7) is 8.56. The predicted octanol–water partition coefficient (Wildman–Crippen LogP) is 3.39. The van der Waals surface area contributed by atoms with Gasteiger partial charge in [0.25, 0.3) is 0 Å². The number of rotatable bonds is 5. The van der Waals surface area contributed by atoms with Gasteiger partial charge in [-0.15, -0.1) is 0 Å². The average molecular weight is 400 g/mol. The Balaban J connectivity index is 1.90. The molecule has 1 atom stereocenters. The van der Waals surface area contributed by atoms with Crippen molar-refractivity contribution < 1.29 is 14.0 Å². The van der Waals surface area contributed by atoms with Crippen molar-refractivity contribution in [1.29, 1.82) is 0 Å². The molecule has 2 heterocycles. The van der Waals surface area contributed by atoms with Crippen LogP contribution in [0.2, 0.25) is 0 Å². The second-order valence-corrected chi connectivity index (χ2v) is 7.96. The molecule has 0 fully saturated rings. The van der Waals surface area contributed by atoms with Crippen molar-refractivity contribution >= 4 is 11.9 Å². The normalized spacial score (nSPS) is 16.1. The number of nitrogens with one attached hydrogen (secondary N) is 1.